The summed E-state index contributed by atoms with van der Waals surface area (Å²) in [6.07, 6.45) is 7.26. The molecule has 0 fully saturated rings. The van der Waals surface area contributed by atoms with Crippen molar-refractivity contribution < 1.29 is 0 Å². The number of aromatic amines is 2. The van der Waals surface area contributed by atoms with E-state index < -0.39 is 0 Å². The number of hydrogen-bond donors (Lipinski definition) is 2. The zero-order valence-electron chi connectivity index (χ0n) is 18.7. The molecular weight excluding hydrogens is 463 g/mol. The molecule has 6 rings (SSSR count). The minimum Gasteiger partial charge on any atom is -0.354 e. The van der Waals surface area contributed by atoms with Crippen molar-refractivity contribution in [2.24, 2.45) is 0 Å². The molecule has 4 aromatic heterocycles. The molecule has 4 nitrogen and oxygen atoms in total. The predicted octanol–water partition coefficient (Wildman–Crippen LogP) is 8.38. The zero-order chi connectivity index (χ0) is 23.7. The van der Waals surface area contributed by atoms with Gasteiger partial charge in [-0.05, 0) is 73.5 Å². The summed E-state index contributed by atoms with van der Waals surface area (Å²) in [4.78, 5) is 15.1. The van der Waals surface area contributed by atoms with Crippen molar-refractivity contribution in [2.75, 3.05) is 0 Å². The van der Waals surface area contributed by atoms with Crippen LogP contribution in [0.5, 0.6) is 0 Å². The number of aryl methyl sites for hydroxylation is 2. The second-order valence-corrected chi connectivity index (χ2v) is 8.93. The van der Waals surface area contributed by atoms with Gasteiger partial charge in [-0.15, -0.1) is 0 Å². The molecule has 0 aliphatic heterocycles. The monoisotopic (exact) mass is 484 g/mol. The number of nitrogens with one attached hydrogen (secondary N) is 2. The molecule has 0 bridgehead atoms. The van der Waals surface area contributed by atoms with Crippen molar-refractivity contribution in [1.82, 2.24) is 19.9 Å². The van der Waals surface area contributed by atoms with E-state index >= 15 is 0 Å². The van der Waals surface area contributed by atoms with Crippen molar-refractivity contribution in [2.45, 2.75) is 13.8 Å². The Labute approximate surface area is 207 Å². The predicted molar refractivity (Wildman–Crippen MR) is 143 cm³/mol. The van der Waals surface area contributed by atoms with E-state index in [-0.39, 0.29) is 0 Å². The topological polar surface area (TPSA) is 57.4 Å². The van der Waals surface area contributed by atoms with Crippen LogP contribution in [0.1, 0.15) is 11.1 Å². The highest BCUT2D eigenvalue weighted by molar-refractivity contribution is 6.36. The largest absolute Gasteiger partial charge is 0.354 e. The lowest BCUT2D eigenvalue weighted by atomic mass is 10.1. The van der Waals surface area contributed by atoms with Gasteiger partial charge in [0.2, 0.25) is 0 Å². The molecule has 0 amide bonds. The van der Waals surface area contributed by atoms with Crippen LogP contribution in [0.4, 0.5) is 0 Å². The van der Waals surface area contributed by atoms with Gasteiger partial charge in [0, 0.05) is 62.7 Å². The van der Waals surface area contributed by atoms with Crippen LogP contribution in [0.25, 0.3) is 44.3 Å². The minimum absolute atomic E-state index is 0.747. The molecule has 0 saturated heterocycles. The molecule has 2 N–H and O–H groups in total. The van der Waals surface area contributed by atoms with E-state index in [0.717, 1.165) is 49.0 Å². The Hall–Kier alpha value is -3.60. The van der Waals surface area contributed by atoms with Crippen molar-refractivity contribution in [1.29, 1.82) is 0 Å². The van der Waals surface area contributed by atoms with E-state index in [2.05, 4.69) is 33.8 Å². The summed E-state index contributed by atoms with van der Waals surface area (Å²) in [5.41, 5.74) is 8.89. The number of halogens is 2. The Kier molecular flexibility index (Phi) is 6.10. The molecule has 4 heterocycles. The lowest BCUT2D eigenvalue weighted by Crippen LogP contribution is -1.81. The number of pyridine rings is 2. The lowest BCUT2D eigenvalue weighted by molar-refractivity contribution is 1.30. The third kappa shape index (κ3) is 4.18. The molecule has 0 aliphatic carbocycles. The molecular formula is C28H22Cl2N4. The lowest BCUT2D eigenvalue weighted by Gasteiger charge is -1.99. The van der Waals surface area contributed by atoms with Gasteiger partial charge in [0.15, 0.2) is 0 Å². The van der Waals surface area contributed by atoms with Crippen molar-refractivity contribution in [3.8, 4) is 22.5 Å². The van der Waals surface area contributed by atoms with Crippen molar-refractivity contribution >= 4 is 45.0 Å². The smallest absolute Gasteiger partial charge is 0.0510 e. The third-order valence-corrected chi connectivity index (χ3v) is 6.49. The number of hydrogen-bond acceptors (Lipinski definition) is 2. The fourth-order valence-corrected chi connectivity index (χ4v) is 4.76. The quantitative estimate of drug-likeness (QED) is 0.259. The van der Waals surface area contributed by atoms with Crippen LogP contribution < -0.4 is 0 Å². The van der Waals surface area contributed by atoms with Crippen LogP contribution in [-0.4, -0.2) is 19.9 Å². The Balaban J connectivity index is 0.000000142. The van der Waals surface area contributed by atoms with E-state index in [1.807, 2.05) is 73.1 Å². The van der Waals surface area contributed by atoms with Gasteiger partial charge >= 0.3 is 0 Å². The Bertz CT molecular complexity index is 1580. The van der Waals surface area contributed by atoms with E-state index in [4.69, 9.17) is 23.2 Å². The molecule has 0 spiro atoms. The Morgan fingerprint density at radius 3 is 1.94 bits per heavy atom. The molecule has 34 heavy (non-hydrogen) atoms. The molecule has 6 heteroatoms. The summed E-state index contributed by atoms with van der Waals surface area (Å²) in [7, 11) is 0. The first-order valence-corrected chi connectivity index (χ1v) is 11.6. The summed E-state index contributed by atoms with van der Waals surface area (Å²) in [6.45, 7) is 4.18. The number of rotatable bonds is 2. The van der Waals surface area contributed by atoms with Gasteiger partial charge in [0.1, 0.15) is 0 Å². The third-order valence-electron chi connectivity index (χ3n) is 5.94. The summed E-state index contributed by atoms with van der Waals surface area (Å²) < 4.78 is 0. The second-order valence-electron chi connectivity index (χ2n) is 8.09. The maximum Gasteiger partial charge on any atom is 0.0510 e. The SMILES string of the molecule is Cc1c(-c2cccnc2)[nH]c2cc(Cl)ccc12.Cc1c(-c2cccnc2)[nH]c2cccc(Cl)c12. The first-order valence-electron chi connectivity index (χ1n) is 10.9. The van der Waals surface area contributed by atoms with Crippen molar-refractivity contribution in [3.05, 3.63) is 107 Å². The van der Waals surface area contributed by atoms with E-state index in [1.165, 1.54) is 16.5 Å². The van der Waals surface area contributed by atoms with Crippen LogP contribution in [0.15, 0.2) is 85.5 Å². The van der Waals surface area contributed by atoms with Crippen LogP contribution >= 0.6 is 23.2 Å². The molecule has 2 aromatic carbocycles. The molecule has 0 unspecified atom stereocenters. The van der Waals surface area contributed by atoms with Crippen LogP contribution in [0.3, 0.4) is 0 Å². The van der Waals surface area contributed by atoms with Gasteiger partial charge in [-0.25, -0.2) is 0 Å². The summed E-state index contributed by atoms with van der Waals surface area (Å²) in [5, 5.41) is 3.82. The Morgan fingerprint density at radius 2 is 1.32 bits per heavy atom. The van der Waals surface area contributed by atoms with Gasteiger partial charge in [-0.3, -0.25) is 9.97 Å². The second kappa shape index (κ2) is 9.34. The van der Waals surface area contributed by atoms with Gasteiger partial charge < -0.3 is 9.97 Å². The van der Waals surface area contributed by atoms with Crippen LogP contribution in [0, 0.1) is 13.8 Å². The Morgan fingerprint density at radius 1 is 0.676 bits per heavy atom. The maximum atomic E-state index is 6.23. The number of fused-ring (bicyclic) bond motifs is 2. The molecule has 0 aliphatic rings. The normalized spacial score (nSPS) is 10.9. The van der Waals surface area contributed by atoms with Gasteiger partial charge in [-0.1, -0.05) is 35.3 Å². The standard InChI is InChI=1S/2C14H11ClN2/c1-9-13-11(15)5-2-6-12(13)17-14(9)10-4-3-7-16-8-10;1-9-12-5-4-11(15)7-13(12)17-14(9)10-3-2-6-16-8-10/h2*2-8,17H,1H3. The van der Waals surface area contributed by atoms with E-state index in [9.17, 15) is 0 Å². The minimum atomic E-state index is 0.747. The average molecular weight is 485 g/mol. The number of nitrogens with zero attached hydrogens (tertiary/aromatic N) is 2. The van der Waals surface area contributed by atoms with Crippen LogP contribution in [-0.2, 0) is 0 Å². The fraction of sp³-hybridized carbons (Fsp3) is 0.0714. The van der Waals surface area contributed by atoms with Crippen LogP contribution in [0.2, 0.25) is 10.0 Å². The molecule has 168 valence electrons. The van der Waals surface area contributed by atoms with Crippen molar-refractivity contribution in [3.63, 3.8) is 0 Å². The number of benzene rings is 2. The number of H-pyrrole nitrogens is 2. The fourth-order valence-electron chi connectivity index (χ4n) is 4.27. The van der Waals surface area contributed by atoms with Gasteiger partial charge in [-0.2, -0.15) is 0 Å². The number of aromatic nitrogens is 4. The van der Waals surface area contributed by atoms with Gasteiger partial charge in [0.05, 0.1) is 16.4 Å². The first kappa shape index (κ1) is 22.2. The summed E-state index contributed by atoms with van der Waals surface area (Å²) in [6, 6.07) is 19.8. The average Bonchev–Trinajstić information content (AvgIpc) is 3.38. The maximum absolute atomic E-state index is 6.23. The molecule has 0 saturated carbocycles. The summed E-state index contributed by atoms with van der Waals surface area (Å²) >= 11 is 12.2. The molecule has 0 radical (unpaired) electrons. The highest BCUT2D eigenvalue weighted by Gasteiger charge is 2.12. The zero-order valence-corrected chi connectivity index (χ0v) is 20.2. The first-order chi connectivity index (χ1) is 16.5. The highest BCUT2D eigenvalue weighted by Crippen LogP contribution is 2.33. The van der Waals surface area contributed by atoms with E-state index in [0.29, 0.717) is 0 Å². The highest BCUT2D eigenvalue weighted by atomic mass is 35.5. The molecule has 6 aromatic rings. The molecule has 0 atom stereocenters. The van der Waals surface area contributed by atoms with Gasteiger partial charge in [0.25, 0.3) is 0 Å². The summed E-state index contributed by atoms with van der Waals surface area (Å²) in [5.74, 6) is 0. The van der Waals surface area contributed by atoms with E-state index in [1.54, 1.807) is 12.4 Å².